The lowest BCUT2D eigenvalue weighted by molar-refractivity contribution is 0.111. The predicted octanol–water partition coefficient (Wildman–Crippen LogP) is 0.486. The molecule has 6 nitrogen and oxygen atoms in total. The lowest BCUT2D eigenvalue weighted by Crippen LogP contribution is -2.34. The van der Waals surface area contributed by atoms with E-state index >= 15 is 0 Å². The maximum absolute atomic E-state index is 11.0. The van der Waals surface area contributed by atoms with Gasteiger partial charge in [0.25, 0.3) is 10.1 Å². The summed E-state index contributed by atoms with van der Waals surface area (Å²) < 4.78 is 30.8. The van der Waals surface area contributed by atoms with Crippen molar-refractivity contribution in [2.75, 3.05) is 12.8 Å². The summed E-state index contributed by atoms with van der Waals surface area (Å²) in [7, 11) is -3.49. The lowest BCUT2D eigenvalue weighted by Gasteiger charge is -2.13. The van der Waals surface area contributed by atoms with Crippen LogP contribution < -0.4 is 5.32 Å². The molecule has 0 aliphatic heterocycles. The molecule has 1 N–H and O–H groups in total. The zero-order valence-corrected chi connectivity index (χ0v) is 10.1. The molecule has 15 heavy (non-hydrogen) atoms. The van der Waals surface area contributed by atoms with E-state index in [1.165, 1.54) is 6.92 Å². The first kappa shape index (κ1) is 14.2. The average molecular weight is 239 g/mol. The predicted molar refractivity (Wildman–Crippen MR) is 55.0 cm³/mol. The molecule has 0 bridgehead atoms. The van der Waals surface area contributed by atoms with Gasteiger partial charge in [0.1, 0.15) is 0 Å². The maximum Gasteiger partial charge on any atom is 0.407 e. The molecule has 0 aromatic rings. The Morgan fingerprint density at radius 1 is 1.33 bits per heavy atom. The normalized spacial score (nSPS) is 13.7. The summed E-state index contributed by atoms with van der Waals surface area (Å²) in [6.07, 6.45) is -0.458. The van der Waals surface area contributed by atoms with E-state index in [0.29, 0.717) is 0 Å². The molecule has 0 aromatic carbocycles. The van der Waals surface area contributed by atoms with Gasteiger partial charge in [0.15, 0.2) is 0 Å². The van der Waals surface area contributed by atoms with Gasteiger partial charge in [0, 0.05) is 6.54 Å². The molecule has 0 aliphatic rings. The van der Waals surface area contributed by atoms with Gasteiger partial charge in [-0.15, -0.1) is 0 Å². The number of carbonyl (C=O) groups excluding carboxylic acids is 1. The molecule has 0 aliphatic carbocycles. The fourth-order valence-corrected chi connectivity index (χ4v) is 1.48. The minimum atomic E-state index is -3.49. The number of hydrogen-bond donors (Lipinski definition) is 1. The van der Waals surface area contributed by atoms with Crippen molar-refractivity contribution >= 4 is 16.2 Å². The summed E-state index contributed by atoms with van der Waals surface area (Å²) >= 11 is 0. The number of carbonyl (C=O) groups is 1. The molecule has 0 fully saturated rings. The molecular formula is C8H17NO5S. The highest BCUT2D eigenvalue weighted by Gasteiger charge is 2.12. The van der Waals surface area contributed by atoms with E-state index in [-0.39, 0.29) is 12.6 Å². The van der Waals surface area contributed by atoms with Crippen molar-refractivity contribution in [1.82, 2.24) is 5.32 Å². The van der Waals surface area contributed by atoms with Gasteiger partial charge < -0.3 is 10.1 Å². The van der Waals surface area contributed by atoms with Crippen LogP contribution in [0.5, 0.6) is 0 Å². The topological polar surface area (TPSA) is 81.7 Å². The van der Waals surface area contributed by atoms with Gasteiger partial charge in [-0.25, -0.2) is 4.79 Å². The number of alkyl carbamates (subject to hydrolysis) is 1. The largest absolute Gasteiger partial charge is 0.447 e. The summed E-state index contributed by atoms with van der Waals surface area (Å²) in [6.45, 7) is 5.06. The van der Waals surface area contributed by atoms with E-state index in [9.17, 15) is 13.2 Å². The molecule has 7 heteroatoms. The molecule has 0 saturated heterocycles. The van der Waals surface area contributed by atoms with Crippen molar-refractivity contribution in [2.45, 2.75) is 33.0 Å². The van der Waals surface area contributed by atoms with E-state index in [2.05, 4.69) is 9.50 Å². The maximum atomic E-state index is 11.0. The molecule has 0 spiro atoms. The van der Waals surface area contributed by atoms with Gasteiger partial charge in [-0.1, -0.05) is 0 Å². The summed E-state index contributed by atoms with van der Waals surface area (Å²) in [5.74, 6) is 0. The van der Waals surface area contributed by atoms with Gasteiger partial charge in [-0.05, 0) is 20.8 Å². The fourth-order valence-electron chi connectivity index (χ4n) is 0.815. The number of amides is 1. The Labute approximate surface area is 90.1 Å². The van der Waals surface area contributed by atoms with Crippen LogP contribution in [-0.4, -0.2) is 39.5 Å². The highest BCUT2D eigenvalue weighted by Crippen LogP contribution is 1.96. The summed E-state index contributed by atoms with van der Waals surface area (Å²) in [5, 5.41) is 2.39. The van der Waals surface area contributed by atoms with E-state index in [1.807, 2.05) is 0 Å². The summed E-state index contributed by atoms with van der Waals surface area (Å²) in [6, 6.07) is 0. The van der Waals surface area contributed by atoms with Gasteiger partial charge in [-0.3, -0.25) is 4.18 Å². The Balaban J connectivity index is 3.81. The molecule has 0 rings (SSSR count). The molecule has 0 heterocycles. The third-order valence-corrected chi connectivity index (χ3v) is 1.89. The number of nitrogens with one attached hydrogen (secondary N) is 1. The SMILES string of the molecule is CC(C)OC(=O)NCC(C)OS(C)(=O)=O. The van der Waals surface area contributed by atoms with Crippen LogP contribution in [-0.2, 0) is 19.0 Å². The van der Waals surface area contributed by atoms with Crippen LogP contribution in [0.15, 0.2) is 0 Å². The summed E-state index contributed by atoms with van der Waals surface area (Å²) in [5.41, 5.74) is 0. The monoisotopic (exact) mass is 239 g/mol. The second-order valence-corrected chi connectivity index (χ2v) is 5.05. The van der Waals surface area contributed by atoms with E-state index < -0.39 is 22.3 Å². The Kier molecular flexibility index (Phi) is 5.59. The zero-order valence-electron chi connectivity index (χ0n) is 9.31. The molecule has 90 valence electrons. The van der Waals surface area contributed by atoms with Gasteiger partial charge in [0.2, 0.25) is 0 Å². The van der Waals surface area contributed by atoms with Gasteiger partial charge in [-0.2, -0.15) is 8.42 Å². The first-order valence-corrected chi connectivity index (χ1v) is 6.35. The van der Waals surface area contributed by atoms with Crippen LogP contribution in [0, 0.1) is 0 Å². The van der Waals surface area contributed by atoms with Crippen LogP contribution in [0.1, 0.15) is 20.8 Å². The van der Waals surface area contributed by atoms with Crippen molar-refractivity contribution in [3.63, 3.8) is 0 Å². The van der Waals surface area contributed by atoms with Crippen LogP contribution in [0.4, 0.5) is 4.79 Å². The highest BCUT2D eigenvalue weighted by molar-refractivity contribution is 7.86. The first-order valence-electron chi connectivity index (χ1n) is 4.53. The highest BCUT2D eigenvalue weighted by atomic mass is 32.2. The van der Waals surface area contributed by atoms with Crippen molar-refractivity contribution in [3.05, 3.63) is 0 Å². The minimum Gasteiger partial charge on any atom is -0.447 e. The Bertz CT molecular complexity index is 298. The van der Waals surface area contributed by atoms with Crippen LogP contribution in [0.3, 0.4) is 0 Å². The van der Waals surface area contributed by atoms with Gasteiger partial charge >= 0.3 is 6.09 Å². The summed E-state index contributed by atoms with van der Waals surface area (Å²) in [4.78, 5) is 11.0. The van der Waals surface area contributed by atoms with Crippen molar-refractivity contribution in [1.29, 1.82) is 0 Å². The van der Waals surface area contributed by atoms with Gasteiger partial charge in [0.05, 0.1) is 18.5 Å². The molecule has 1 atom stereocenters. The fraction of sp³-hybridized carbons (Fsp3) is 0.875. The van der Waals surface area contributed by atoms with Crippen LogP contribution in [0.25, 0.3) is 0 Å². The van der Waals surface area contributed by atoms with E-state index in [4.69, 9.17) is 4.74 Å². The van der Waals surface area contributed by atoms with E-state index in [0.717, 1.165) is 6.26 Å². The quantitative estimate of drug-likeness (QED) is 0.706. The zero-order chi connectivity index (χ0) is 12.1. The Hall–Kier alpha value is -0.820. The molecule has 1 unspecified atom stereocenters. The lowest BCUT2D eigenvalue weighted by atomic mass is 10.4. The molecule has 0 saturated carbocycles. The number of hydrogen-bond acceptors (Lipinski definition) is 5. The standard InChI is InChI=1S/C8H17NO5S/c1-6(2)13-8(10)9-5-7(3)14-15(4,11)12/h6-7H,5H2,1-4H3,(H,9,10). The minimum absolute atomic E-state index is 0.0820. The Morgan fingerprint density at radius 3 is 2.27 bits per heavy atom. The molecule has 0 radical (unpaired) electrons. The smallest absolute Gasteiger partial charge is 0.407 e. The number of rotatable bonds is 5. The Morgan fingerprint density at radius 2 is 1.87 bits per heavy atom. The van der Waals surface area contributed by atoms with Crippen molar-refractivity contribution in [3.8, 4) is 0 Å². The van der Waals surface area contributed by atoms with E-state index in [1.54, 1.807) is 13.8 Å². The second-order valence-electron chi connectivity index (χ2n) is 3.45. The second kappa shape index (κ2) is 5.92. The first-order chi connectivity index (χ1) is 6.70. The van der Waals surface area contributed by atoms with Crippen molar-refractivity contribution < 1.29 is 22.1 Å². The van der Waals surface area contributed by atoms with Crippen LogP contribution >= 0.6 is 0 Å². The van der Waals surface area contributed by atoms with Crippen LogP contribution in [0.2, 0.25) is 0 Å². The number of ether oxygens (including phenoxy) is 1. The molecular weight excluding hydrogens is 222 g/mol. The molecule has 0 aromatic heterocycles. The average Bonchev–Trinajstić information content (AvgIpc) is 1.96. The molecule has 1 amide bonds. The third kappa shape index (κ3) is 9.48. The van der Waals surface area contributed by atoms with Crippen molar-refractivity contribution in [2.24, 2.45) is 0 Å². The third-order valence-electron chi connectivity index (χ3n) is 1.22.